The van der Waals surface area contributed by atoms with Crippen LogP contribution in [0.2, 0.25) is 5.02 Å². The van der Waals surface area contributed by atoms with Crippen molar-refractivity contribution in [2.75, 3.05) is 12.0 Å². The van der Waals surface area contributed by atoms with Crippen LogP contribution in [0.5, 0.6) is 0 Å². The van der Waals surface area contributed by atoms with Gasteiger partial charge in [-0.05, 0) is 48.4 Å². The number of β-lactam (4-membered cyclic amide) rings is 1. The number of hydrogen-bond acceptors (Lipinski definition) is 3. The molecule has 1 amide bonds. The summed E-state index contributed by atoms with van der Waals surface area (Å²) in [5.74, 6) is -0.306. The molecule has 2 aromatic rings. The molecule has 2 aromatic carbocycles. The largest absolute Gasteiger partial charge is 0.465 e. The van der Waals surface area contributed by atoms with Gasteiger partial charge in [-0.1, -0.05) is 30.7 Å². The first-order valence-corrected chi connectivity index (χ1v) is 8.21. The highest BCUT2D eigenvalue weighted by atomic mass is 35.5. The van der Waals surface area contributed by atoms with Crippen LogP contribution in [-0.4, -0.2) is 19.0 Å². The molecular weight excluding hydrogens is 326 g/mol. The normalized spacial score (nSPS) is 19.8. The van der Waals surface area contributed by atoms with Gasteiger partial charge in [0.15, 0.2) is 0 Å². The number of hydrogen-bond donors (Lipinski definition) is 0. The van der Waals surface area contributed by atoms with Gasteiger partial charge in [-0.2, -0.15) is 0 Å². The summed E-state index contributed by atoms with van der Waals surface area (Å²) in [6.07, 6.45) is 0.770. The first kappa shape index (κ1) is 16.5. The monoisotopic (exact) mass is 343 g/mol. The number of anilines is 1. The van der Waals surface area contributed by atoms with E-state index in [2.05, 4.69) is 0 Å². The Morgan fingerprint density at radius 3 is 2.29 bits per heavy atom. The van der Waals surface area contributed by atoms with E-state index in [4.69, 9.17) is 16.3 Å². The molecule has 3 rings (SSSR count). The standard InChI is InChI=1S/C19H18ClNO3/c1-3-16-17(12-4-6-13(7-5-12)19(23)24-2)21(18(16)22)15-10-8-14(20)9-11-15/h4-11,16-17H,3H2,1-2H3/t16-,17-/m1/s1. The van der Waals surface area contributed by atoms with E-state index >= 15 is 0 Å². The minimum absolute atomic E-state index is 0.0321. The van der Waals surface area contributed by atoms with Crippen molar-refractivity contribution >= 4 is 29.2 Å². The summed E-state index contributed by atoms with van der Waals surface area (Å²) in [4.78, 5) is 25.9. The Bertz CT molecular complexity index is 755. The summed E-state index contributed by atoms with van der Waals surface area (Å²) < 4.78 is 4.72. The molecule has 2 atom stereocenters. The minimum atomic E-state index is -0.368. The van der Waals surface area contributed by atoms with Crippen LogP contribution in [0.4, 0.5) is 5.69 Å². The molecule has 1 fully saturated rings. The smallest absolute Gasteiger partial charge is 0.337 e. The number of esters is 1. The second-order valence-electron chi connectivity index (χ2n) is 5.76. The van der Waals surface area contributed by atoms with Crippen LogP contribution < -0.4 is 4.90 Å². The van der Waals surface area contributed by atoms with E-state index in [1.54, 1.807) is 29.2 Å². The van der Waals surface area contributed by atoms with Gasteiger partial charge in [0.25, 0.3) is 0 Å². The number of benzene rings is 2. The number of carbonyl (C=O) groups is 2. The average Bonchev–Trinajstić information content (AvgIpc) is 2.61. The molecule has 1 aliphatic heterocycles. The predicted octanol–water partition coefficient (Wildman–Crippen LogP) is 4.24. The predicted molar refractivity (Wildman–Crippen MR) is 93.2 cm³/mol. The fourth-order valence-electron chi connectivity index (χ4n) is 3.15. The molecule has 124 valence electrons. The molecule has 0 unspecified atom stereocenters. The van der Waals surface area contributed by atoms with E-state index in [9.17, 15) is 9.59 Å². The number of halogens is 1. The van der Waals surface area contributed by atoms with Crippen LogP contribution in [-0.2, 0) is 9.53 Å². The van der Waals surface area contributed by atoms with Crippen molar-refractivity contribution in [3.8, 4) is 0 Å². The number of methoxy groups -OCH3 is 1. The lowest BCUT2D eigenvalue weighted by Gasteiger charge is -2.47. The fourth-order valence-corrected chi connectivity index (χ4v) is 3.28. The van der Waals surface area contributed by atoms with Crippen LogP contribution in [0.1, 0.15) is 35.3 Å². The SMILES string of the molecule is CC[C@H]1C(=O)N(c2ccc(Cl)cc2)[C@@H]1c1ccc(C(=O)OC)cc1. The third-order valence-electron chi connectivity index (χ3n) is 4.43. The fraction of sp³-hybridized carbons (Fsp3) is 0.263. The van der Waals surface area contributed by atoms with Gasteiger partial charge < -0.3 is 9.64 Å². The summed E-state index contributed by atoms with van der Waals surface area (Å²) in [6.45, 7) is 2.01. The van der Waals surface area contributed by atoms with Gasteiger partial charge in [-0.25, -0.2) is 4.79 Å². The van der Waals surface area contributed by atoms with Crippen LogP contribution in [0, 0.1) is 5.92 Å². The lowest BCUT2D eigenvalue weighted by molar-refractivity contribution is -0.130. The maximum absolute atomic E-state index is 12.5. The number of ether oxygens (including phenoxy) is 1. The molecule has 0 radical (unpaired) electrons. The quantitative estimate of drug-likeness (QED) is 0.616. The Hall–Kier alpha value is -2.33. The maximum Gasteiger partial charge on any atom is 0.337 e. The van der Waals surface area contributed by atoms with Gasteiger partial charge in [0.05, 0.1) is 24.6 Å². The number of rotatable bonds is 4. The highest BCUT2D eigenvalue weighted by Crippen LogP contribution is 2.45. The first-order valence-electron chi connectivity index (χ1n) is 7.83. The highest BCUT2D eigenvalue weighted by molar-refractivity contribution is 6.30. The van der Waals surface area contributed by atoms with E-state index in [1.807, 2.05) is 31.2 Å². The van der Waals surface area contributed by atoms with Crippen LogP contribution in [0.3, 0.4) is 0 Å². The Morgan fingerprint density at radius 1 is 1.12 bits per heavy atom. The third-order valence-corrected chi connectivity index (χ3v) is 4.68. The van der Waals surface area contributed by atoms with E-state index < -0.39 is 0 Å². The Labute approximate surface area is 146 Å². The van der Waals surface area contributed by atoms with E-state index in [0.29, 0.717) is 10.6 Å². The topological polar surface area (TPSA) is 46.6 Å². The molecular formula is C19H18ClNO3. The molecule has 1 aliphatic rings. The summed E-state index contributed by atoms with van der Waals surface area (Å²) in [5.41, 5.74) is 2.33. The number of amides is 1. The molecule has 24 heavy (non-hydrogen) atoms. The summed E-state index contributed by atoms with van der Waals surface area (Å²) in [6, 6.07) is 14.5. The van der Waals surface area contributed by atoms with Gasteiger partial charge in [0, 0.05) is 10.7 Å². The van der Waals surface area contributed by atoms with Crippen molar-refractivity contribution in [2.45, 2.75) is 19.4 Å². The minimum Gasteiger partial charge on any atom is -0.465 e. The van der Waals surface area contributed by atoms with E-state index in [1.165, 1.54) is 7.11 Å². The van der Waals surface area contributed by atoms with E-state index in [-0.39, 0.29) is 23.8 Å². The van der Waals surface area contributed by atoms with Gasteiger partial charge in [-0.3, -0.25) is 4.79 Å². The van der Waals surface area contributed by atoms with Crippen molar-refractivity contribution < 1.29 is 14.3 Å². The molecule has 5 heteroatoms. The number of carbonyl (C=O) groups excluding carboxylic acids is 2. The lowest BCUT2D eigenvalue weighted by Crippen LogP contribution is -2.55. The molecule has 0 N–H and O–H groups in total. The molecule has 0 aliphatic carbocycles. The van der Waals surface area contributed by atoms with Gasteiger partial charge in [-0.15, -0.1) is 0 Å². The summed E-state index contributed by atoms with van der Waals surface area (Å²) in [7, 11) is 1.36. The van der Waals surface area contributed by atoms with Crippen LogP contribution in [0.15, 0.2) is 48.5 Å². The number of nitrogens with zero attached hydrogens (tertiary/aromatic N) is 1. The summed E-state index contributed by atoms with van der Waals surface area (Å²) >= 11 is 5.94. The maximum atomic E-state index is 12.5. The van der Waals surface area contributed by atoms with Gasteiger partial charge >= 0.3 is 5.97 Å². The Kier molecular flexibility index (Phi) is 4.58. The zero-order valence-corrected chi connectivity index (χ0v) is 14.3. The first-order chi connectivity index (χ1) is 11.6. The van der Waals surface area contributed by atoms with Crippen molar-refractivity contribution in [2.24, 2.45) is 5.92 Å². The molecule has 0 bridgehead atoms. The molecule has 0 spiro atoms. The van der Waals surface area contributed by atoms with Crippen LogP contribution in [0.25, 0.3) is 0 Å². The molecule has 1 saturated heterocycles. The zero-order valence-electron chi connectivity index (χ0n) is 13.5. The van der Waals surface area contributed by atoms with E-state index in [0.717, 1.165) is 17.7 Å². The zero-order chi connectivity index (χ0) is 17.3. The molecule has 0 aromatic heterocycles. The Morgan fingerprint density at radius 2 is 1.75 bits per heavy atom. The average molecular weight is 344 g/mol. The second kappa shape index (κ2) is 6.65. The highest BCUT2D eigenvalue weighted by Gasteiger charge is 2.47. The van der Waals surface area contributed by atoms with Crippen molar-refractivity contribution in [1.29, 1.82) is 0 Å². The summed E-state index contributed by atoms with van der Waals surface area (Å²) in [5, 5.41) is 0.637. The van der Waals surface area contributed by atoms with Crippen molar-refractivity contribution in [1.82, 2.24) is 0 Å². The third kappa shape index (κ3) is 2.78. The Balaban J connectivity index is 1.92. The lowest BCUT2D eigenvalue weighted by atomic mass is 9.80. The van der Waals surface area contributed by atoms with Gasteiger partial charge in [0.1, 0.15) is 0 Å². The molecule has 1 heterocycles. The molecule has 0 saturated carbocycles. The van der Waals surface area contributed by atoms with Crippen molar-refractivity contribution in [3.05, 3.63) is 64.7 Å². The van der Waals surface area contributed by atoms with Crippen molar-refractivity contribution in [3.63, 3.8) is 0 Å². The van der Waals surface area contributed by atoms with Crippen LogP contribution >= 0.6 is 11.6 Å². The second-order valence-corrected chi connectivity index (χ2v) is 6.19. The van der Waals surface area contributed by atoms with Gasteiger partial charge in [0.2, 0.25) is 5.91 Å². The molecule has 4 nitrogen and oxygen atoms in total.